The summed E-state index contributed by atoms with van der Waals surface area (Å²) < 4.78 is 0. The van der Waals surface area contributed by atoms with Crippen LogP contribution in [0.4, 0.5) is 5.69 Å². The second-order valence-electron chi connectivity index (χ2n) is 5.44. The number of anilines is 1. The summed E-state index contributed by atoms with van der Waals surface area (Å²) in [5.74, 6) is 0. The third-order valence-corrected chi connectivity index (χ3v) is 4.70. The van der Waals surface area contributed by atoms with Crippen LogP contribution in [0.2, 0.25) is 15.1 Å². The molecule has 0 aliphatic carbocycles. The van der Waals surface area contributed by atoms with Crippen molar-refractivity contribution in [2.45, 2.75) is 26.3 Å². The standard InChI is InChI=1S/C18H19Cl3N2S/c1-2-3-9-23(12-13-7-5-4-6-8-13)18(24)22-17-15(20)10-14(19)11-16(17)21/h4-8,10-11H,2-3,9,12H2,1H3,(H,22,24). The largest absolute Gasteiger partial charge is 0.345 e. The summed E-state index contributed by atoms with van der Waals surface area (Å²) in [6.45, 7) is 3.75. The van der Waals surface area contributed by atoms with Gasteiger partial charge in [0.25, 0.3) is 0 Å². The molecule has 2 aromatic carbocycles. The van der Waals surface area contributed by atoms with Gasteiger partial charge in [0.15, 0.2) is 5.11 Å². The van der Waals surface area contributed by atoms with Gasteiger partial charge in [-0.3, -0.25) is 0 Å². The lowest BCUT2D eigenvalue weighted by Crippen LogP contribution is -2.35. The van der Waals surface area contributed by atoms with Gasteiger partial charge in [-0.1, -0.05) is 78.5 Å². The van der Waals surface area contributed by atoms with E-state index in [4.69, 9.17) is 47.0 Å². The van der Waals surface area contributed by atoms with E-state index < -0.39 is 0 Å². The molecule has 1 N–H and O–H groups in total. The van der Waals surface area contributed by atoms with Gasteiger partial charge in [-0.25, -0.2) is 0 Å². The number of rotatable bonds is 6. The molecule has 128 valence electrons. The summed E-state index contributed by atoms with van der Waals surface area (Å²) in [7, 11) is 0. The third kappa shape index (κ3) is 5.52. The Morgan fingerprint density at radius 3 is 2.29 bits per heavy atom. The van der Waals surface area contributed by atoms with E-state index >= 15 is 0 Å². The number of nitrogens with one attached hydrogen (secondary N) is 1. The number of halogens is 3. The van der Waals surface area contributed by atoms with Gasteiger partial charge in [0.2, 0.25) is 0 Å². The van der Waals surface area contributed by atoms with Crippen LogP contribution in [0, 0.1) is 0 Å². The second kappa shape index (κ2) is 9.47. The first-order valence-corrected chi connectivity index (χ1v) is 9.30. The fraction of sp³-hybridized carbons (Fsp3) is 0.278. The van der Waals surface area contributed by atoms with Crippen molar-refractivity contribution in [3.05, 3.63) is 63.1 Å². The maximum Gasteiger partial charge on any atom is 0.173 e. The Hall–Kier alpha value is -1.000. The van der Waals surface area contributed by atoms with Gasteiger partial charge in [0.1, 0.15) is 0 Å². The Morgan fingerprint density at radius 2 is 1.71 bits per heavy atom. The van der Waals surface area contributed by atoms with E-state index in [2.05, 4.69) is 29.3 Å². The lowest BCUT2D eigenvalue weighted by atomic mass is 10.2. The fourth-order valence-corrected chi connectivity index (χ4v) is 3.42. The second-order valence-corrected chi connectivity index (χ2v) is 7.07. The van der Waals surface area contributed by atoms with Gasteiger partial charge < -0.3 is 10.2 Å². The number of hydrogen-bond acceptors (Lipinski definition) is 1. The van der Waals surface area contributed by atoms with Gasteiger partial charge >= 0.3 is 0 Å². The van der Waals surface area contributed by atoms with Crippen LogP contribution in [0.25, 0.3) is 0 Å². The Bertz CT molecular complexity index is 669. The van der Waals surface area contributed by atoms with E-state index in [1.807, 2.05) is 18.2 Å². The van der Waals surface area contributed by atoms with Gasteiger partial charge in [0.05, 0.1) is 15.7 Å². The summed E-state index contributed by atoms with van der Waals surface area (Å²) >= 11 is 24.0. The molecular formula is C18H19Cl3N2S. The highest BCUT2D eigenvalue weighted by molar-refractivity contribution is 7.80. The van der Waals surface area contributed by atoms with Crippen LogP contribution in [-0.2, 0) is 6.54 Å². The molecule has 24 heavy (non-hydrogen) atoms. The van der Waals surface area contributed by atoms with Crippen LogP contribution in [0.3, 0.4) is 0 Å². The van der Waals surface area contributed by atoms with Crippen molar-refractivity contribution in [2.75, 3.05) is 11.9 Å². The molecule has 6 heteroatoms. The molecule has 0 aromatic heterocycles. The molecule has 2 nitrogen and oxygen atoms in total. The van der Waals surface area contributed by atoms with E-state index in [0.717, 1.165) is 25.9 Å². The molecule has 0 radical (unpaired) electrons. The Balaban J connectivity index is 2.15. The highest BCUT2D eigenvalue weighted by Crippen LogP contribution is 2.34. The molecule has 0 aliphatic heterocycles. The predicted molar refractivity (Wildman–Crippen MR) is 109 cm³/mol. The Morgan fingerprint density at radius 1 is 1.08 bits per heavy atom. The molecule has 0 saturated heterocycles. The third-order valence-electron chi connectivity index (χ3n) is 3.52. The first kappa shape index (κ1) is 19.3. The van der Waals surface area contributed by atoms with Gasteiger partial charge in [-0.15, -0.1) is 0 Å². The Labute approximate surface area is 163 Å². The van der Waals surface area contributed by atoms with Crippen LogP contribution in [0.5, 0.6) is 0 Å². The van der Waals surface area contributed by atoms with Gasteiger partial charge in [-0.2, -0.15) is 0 Å². The van der Waals surface area contributed by atoms with Crippen LogP contribution >= 0.6 is 47.0 Å². The number of benzene rings is 2. The maximum absolute atomic E-state index is 6.24. The summed E-state index contributed by atoms with van der Waals surface area (Å²) in [5, 5.41) is 5.16. The zero-order valence-electron chi connectivity index (χ0n) is 13.4. The first-order valence-electron chi connectivity index (χ1n) is 7.75. The normalized spacial score (nSPS) is 10.5. The minimum Gasteiger partial charge on any atom is -0.345 e. The highest BCUT2D eigenvalue weighted by atomic mass is 35.5. The lowest BCUT2D eigenvalue weighted by Gasteiger charge is -2.26. The highest BCUT2D eigenvalue weighted by Gasteiger charge is 2.14. The van der Waals surface area contributed by atoms with Crippen molar-refractivity contribution < 1.29 is 0 Å². The molecule has 0 amide bonds. The quantitative estimate of drug-likeness (QED) is 0.546. The van der Waals surface area contributed by atoms with Crippen molar-refractivity contribution in [2.24, 2.45) is 0 Å². The Kier molecular flexibility index (Phi) is 7.63. The molecule has 0 aliphatic rings. The molecule has 0 spiro atoms. The molecule has 0 atom stereocenters. The number of unbranched alkanes of at least 4 members (excludes halogenated alkanes) is 1. The molecule has 0 bridgehead atoms. The summed E-state index contributed by atoms with van der Waals surface area (Å²) in [5.41, 5.74) is 1.79. The zero-order valence-corrected chi connectivity index (χ0v) is 16.4. The van der Waals surface area contributed by atoms with E-state index in [1.165, 1.54) is 5.56 Å². The van der Waals surface area contributed by atoms with Crippen molar-refractivity contribution in [3.63, 3.8) is 0 Å². The average Bonchev–Trinajstić information content (AvgIpc) is 2.55. The molecule has 2 aromatic rings. The summed E-state index contributed by atoms with van der Waals surface area (Å²) in [4.78, 5) is 2.12. The summed E-state index contributed by atoms with van der Waals surface area (Å²) in [6, 6.07) is 13.5. The topological polar surface area (TPSA) is 15.3 Å². The van der Waals surface area contributed by atoms with Crippen LogP contribution in [0.1, 0.15) is 25.3 Å². The van der Waals surface area contributed by atoms with Gasteiger partial charge in [-0.05, 0) is 36.3 Å². The summed E-state index contributed by atoms with van der Waals surface area (Å²) in [6.07, 6.45) is 2.15. The zero-order chi connectivity index (χ0) is 17.5. The van der Waals surface area contributed by atoms with Crippen LogP contribution < -0.4 is 5.32 Å². The molecule has 0 unspecified atom stereocenters. The van der Waals surface area contributed by atoms with E-state index in [9.17, 15) is 0 Å². The average molecular weight is 402 g/mol. The van der Waals surface area contributed by atoms with E-state index in [1.54, 1.807) is 12.1 Å². The molecule has 2 rings (SSSR count). The molecular weight excluding hydrogens is 383 g/mol. The molecule has 0 saturated carbocycles. The van der Waals surface area contributed by atoms with Crippen molar-refractivity contribution in [1.29, 1.82) is 0 Å². The number of thiocarbonyl (C=S) groups is 1. The van der Waals surface area contributed by atoms with Crippen molar-refractivity contribution in [3.8, 4) is 0 Å². The van der Waals surface area contributed by atoms with Crippen molar-refractivity contribution in [1.82, 2.24) is 4.90 Å². The monoisotopic (exact) mass is 400 g/mol. The predicted octanol–water partition coefficient (Wildman–Crippen LogP) is 6.65. The number of nitrogens with zero attached hydrogens (tertiary/aromatic N) is 1. The maximum atomic E-state index is 6.24. The minimum atomic E-state index is 0.449. The van der Waals surface area contributed by atoms with E-state index in [0.29, 0.717) is 25.9 Å². The van der Waals surface area contributed by atoms with Crippen molar-refractivity contribution >= 4 is 57.8 Å². The fourth-order valence-electron chi connectivity index (χ4n) is 2.25. The van der Waals surface area contributed by atoms with Crippen LogP contribution in [-0.4, -0.2) is 16.6 Å². The SMILES string of the molecule is CCCCN(Cc1ccccc1)C(=S)Nc1c(Cl)cc(Cl)cc1Cl. The smallest absolute Gasteiger partial charge is 0.173 e. The lowest BCUT2D eigenvalue weighted by molar-refractivity contribution is 0.408. The number of hydrogen-bond donors (Lipinski definition) is 1. The minimum absolute atomic E-state index is 0.449. The molecule has 0 heterocycles. The molecule has 0 fully saturated rings. The van der Waals surface area contributed by atoms with Gasteiger partial charge in [0, 0.05) is 18.1 Å². The van der Waals surface area contributed by atoms with Crippen LogP contribution in [0.15, 0.2) is 42.5 Å². The first-order chi connectivity index (χ1) is 11.5. The van der Waals surface area contributed by atoms with E-state index in [-0.39, 0.29) is 0 Å².